The summed E-state index contributed by atoms with van der Waals surface area (Å²) >= 11 is 5.93. The van der Waals surface area contributed by atoms with Crippen LogP contribution in [0.5, 0.6) is 5.75 Å². The lowest BCUT2D eigenvalue weighted by atomic mass is 10.0. The van der Waals surface area contributed by atoms with E-state index in [2.05, 4.69) is 9.71 Å². The van der Waals surface area contributed by atoms with Crippen molar-refractivity contribution >= 4 is 43.2 Å². The molecule has 2 N–H and O–H groups in total. The number of aryl methyl sites for hydroxylation is 1. The molecule has 42 heavy (non-hydrogen) atoms. The van der Waals surface area contributed by atoms with E-state index in [9.17, 15) is 26.7 Å². The smallest absolute Gasteiger partial charge is 0.280 e. The van der Waals surface area contributed by atoms with Gasteiger partial charge >= 0.3 is 0 Å². The number of imidazole rings is 1. The van der Waals surface area contributed by atoms with Crippen molar-refractivity contribution in [3.8, 4) is 5.75 Å². The van der Waals surface area contributed by atoms with Gasteiger partial charge in [-0.05, 0) is 49.4 Å². The maximum atomic E-state index is 13.4. The highest BCUT2D eigenvalue weighted by Crippen LogP contribution is 2.30. The third kappa shape index (κ3) is 7.06. The number of aliphatic hydroxyl groups is 1. The van der Waals surface area contributed by atoms with Crippen molar-refractivity contribution in [2.75, 3.05) is 31.5 Å². The Morgan fingerprint density at radius 2 is 1.88 bits per heavy atom. The second kappa shape index (κ2) is 12.6. The van der Waals surface area contributed by atoms with E-state index < -0.39 is 32.2 Å². The van der Waals surface area contributed by atoms with Gasteiger partial charge in [-0.25, -0.2) is 13.4 Å². The summed E-state index contributed by atoms with van der Waals surface area (Å²) in [4.78, 5) is 18.9. The van der Waals surface area contributed by atoms with E-state index in [1.807, 2.05) is 6.92 Å². The first-order valence-electron chi connectivity index (χ1n) is 13.1. The van der Waals surface area contributed by atoms with Gasteiger partial charge in [-0.2, -0.15) is 12.7 Å². The van der Waals surface area contributed by atoms with E-state index in [1.54, 1.807) is 20.0 Å². The molecule has 0 spiro atoms. The Labute approximate surface area is 251 Å². The van der Waals surface area contributed by atoms with E-state index in [1.165, 1.54) is 69.7 Å². The molecule has 0 aliphatic carbocycles. The van der Waals surface area contributed by atoms with Crippen molar-refractivity contribution in [1.29, 1.82) is 0 Å². The van der Waals surface area contributed by atoms with Crippen LogP contribution in [0.1, 0.15) is 19.4 Å². The minimum Gasteiger partial charge on any atom is -0.488 e. The van der Waals surface area contributed by atoms with Crippen LogP contribution in [0.15, 0.2) is 64.9 Å². The summed E-state index contributed by atoms with van der Waals surface area (Å²) in [5, 5.41) is 10.1. The van der Waals surface area contributed by atoms with Gasteiger partial charge in [-0.3, -0.25) is 9.52 Å². The average Bonchev–Trinajstić information content (AvgIpc) is 3.40. The fourth-order valence-electron chi connectivity index (χ4n) is 4.58. The van der Waals surface area contributed by atoms with Gasteiger partial charge in [0.15, 0.2) is 5.03 Å². The lowest BCUT2D eigenvalue weighted by Gasteiger charge is -2.33. The topological polar surface area (TPSA) is 151 Å². The van der Waals surface area contributed by atoms with Crippen LogP contribution < -0.4 is 9.46 Å². The van der Waals surface area contributed by atoms with E-state index in [-0.39, 0.29) is 53.6 Å². The SMILES string of the molecule is C[C@H]1CN([C@@H](C)CO)C(=O)Cc2cc(NS(=O)(=O)c3cn(C)cn3)ccc2O[C@@H]1CN(C)S(=O)(=O)c1ccc(Cl)cc1. The highest BCUT2D eigenvalue weighted by atomic mass is 35.5. The number of nitrogens with one attached hydrogen (secondary N) is 1. The second-order valence-corrected chi connectivity index (χ2v) is 14.5. The van der Waals surface area contributed by atoms with E-state index >= 15 is 0 Å². The third-order valence-electron chi connectivity index (χ3n) is 7.08. The van der Waals surface area contributed by atoms with E-state index in [0.717, 1.165) is 0 Å². The molecule has 0 bridgehead atoms. The fourth-order valence-corrected chi connectivity index (χ4v) is 6.93. The number of nitrogens with zero attached hydrogens (tertiary/aromatic N) is 4. The lowest BCUT2D eigenvalue weighted by molar-refractivity contribution is -0.134. The normalized spacial score (nSPS) is 18.9. The summed E-state index contributed by atoms with van der Waals surface area (Å²) in [6, 6.07) is 9.90. The minimum atomic E-state index is -4.00. The van der Waals surface area contributed by atoms with Crippen molar-refractivity contribution in [3.63, 3.8) is 0 Å². The number of likely N-dealkylation sites (N-methyl/N-ethyl adjacent to an activating group) is 1. The van der Waals surface area contributed by atoms with Crippen molar-refractivity contribution in [2.24, 2.45) is 13.0 Å². The number of carbonyl (C=O) groups excluding carboxylic acids is 1. The number of anilines is 1. The third-order valence-corrected chi connectivity index (χ3v) is 10.4. The van der Waals surface area contributed by atoms with Gasteiger partial charge in [0, 0.05) is 49.0 Å². The van der Waals surface area contributed by atoms with Gasteiger partial charge in [0.2, 0.25) is 15.9 Å². The molecular weight excluding hydrogens is 606 g/mol. The molecule has 1 aliphatic rings. The Bertz CT molecular complexity index is 1650. The molecule has 0 radical (unpaired) electrons. The number of aliphatic hydroxyl groups excluding tert-OH is 1. The number of carbonyl (C=O) groups is 1. The Hall–Kier alpha value is -3.17. The zero-order valence-corrected chi connectivity index (χ0v) is 26.0. The van der Waals surface area contributed by atoms with E-state index in [0.29, 0.717) is 16.3 Å². The monoisotopic (exact) mass is 639 g/mol. The number of sulfonamides is 2. The molecule has 0 saturated carbocycles. The van der Waals surface area contributed by atoms with Gasteiger partial charge in [0.25, 0.3) is 10.0 Å². The molecule has 1 aromatic heterocycles. The number of hydrogen-bond donors (Lipinski definition) is 2. The molecule has 2 aromatic carbocycles. The molecule has 1 aliphatic heterocycles. The molecule has 0 unspecified atom stereocenters. The van der Waals surface area contributed by atoms with Gasteiger partial charge in [0.1, 0.15) is 11.9 Å². The van der Waals surface area contributed by atoms with Crippen LogP contribution in [-0.2, 0) is 38.3 Å². The van der Waals surface area contributed by atoms with Gasteiger partial charge in [-0.1, -0.05) is 18.5 Å². The molecule has 0 fully saturated rings. The van der Waals surface area contributed by atoms with Crippen LogP contribution in [0, 0.1) is 5.92 Å². The first kappa shape index (κ1) is 31.8. The van der Waals surface area contributed by atoms with Crippen LogP contribution in [0.3, 0.4) is 0 Å². The maximum Gasteiger partial charge on any atom is 0.280 e. The molecule has 12 nitrogen and oxygen atoms in total. The molecule has 3 atom stereocenters. The van der Waals surface area contributed by atoms with Crippen LogP contribution in [0.4, 0.5) is 5.69 Å². The number of hydrogen-bond acceptors (Lipinski definition) is 8. The number of fused-ring (bicyclic) bond motifs is 1. The lowest BCUT2D eigenvalue weighted by Crippen LogP contribution is -2.48. The maximum absolute atomic E-state index is 13.4. The molecule has 1 amide bonds. The standard InChI is InChI=1S/C27H34ClN5O7S2/c1-18-13-33(19(2)16-34)27(35)12-20-11-22(30-41(36,37)26-15-31(3)17-29-26)7-10-24(20)40-25(18)14-32(4)42(38,39)23-8-5-21(28)6-9-23/h5-11,15,17-19,25,30,34H,12-14,16H2,1-4H3/t18-,19-,25+/m0/s1. The summed E-state index contributed by atoms with van der Waals surface area (Å²) < 4.78 is 63.9. The molecule has 15 heteroatoms. The van der Waals surface area contributed by atoms with Crippen molar-refractivity contribution in [3.05, 3.63) is 65.6 Å². The molecule has 3 aromatic rings. The quantitative estimate of drug-likeness (QED) is 0.362. The Morgan fingerprint density at radius 3 is 2.50 bits per heavy atom. The fraction of sp³-hybridized carbons (Fsp3) is 0.407. The van der Waals surface area contributed by atoms with Gasteiger partial charge in [0.05, 0.1) is 36.8 Å². The summed E-state index contributed by atoms with van der Waals surface area (Å²) in [5.41, 5.74) is 0.600. The molecular formula is C27H34ClN5O7S2. The first-order chi connectivity index (χ1) is 19.7. The summed E-state index contributed by atoms with van der Waals surface area (Å²) in [6.07, 6.45) is 1.90. The number of amides is 1. The Morgan fingerprint density at radius 1 is 1.19 bits per heavy atom. The largest absolute Gasteiger partial charge is 0.488 e. The predicted molar refractivity (Wildman–Crippen MR) is 157 cm³/mol. The highest BCUT2D eigenvalue weighted by molar-refractivity contribution is 7.92. The number of benzene rings is 2. The van der Waals surface area contributed by atoms with Crippen LogP contribution in [0.25, 0.3) is 0 Å². The number of ether oxygens (including phenoxy) is 1. The van der Waals surface area contributed by atoms with Crippen molar-refractivity contribution < 1.29 is 31.5 Å². The molecule has 4 rings (SSSR count). The number of rotatable bonds is 9. The molecule has 2 heterocycles. The zero-order chi connectivity index (χ0) is 30.8. The number of halogens is 1. The summed E-state index contributed by atoms with van der Waals surface area (Å²) in [6.45, 7) is 3.44. The predicted octanol–water partition coefficient (Wildman–Crippen LogP) is 2.34. The summed E-state index contributed by atoms with van der Waals surface area (Å²) in [7, 11) is -4.79. The second-order valence-electron chi connectivity index (χ2n) is 10.4. The van der Waals surface area contributed by atoms with Crippen molar-refractivity contribution in [1.82, 2.24) is 18.8 Å². The van der Waals surface area contributed by atoms with Crippen LogP contribution in [0.2, 0.25) is 5.02 Å². The Balaban J connectivity index is 1.68. The average molecular weight is 640 g/mol. The van der Waals surface area contributed by atoms with Gasteiger partial charge < -0.3 is 19.3 Å². The van der Waals surface area contributed by atoms with Crippen LogP contribution in [-0.4, -0.2) is 85.5 Å². The van der Waals surface area contributed by atoms with E-state index in [4.69, 9.17) is 16.3 Å². The molecule has 0 saturated heterocycles. The van der Waals surface area contributed by atoms with Crippen LogP contribution >= 0.6 is 11.6 Å². The van der Waals surface area contributed by atoms with Gasteiger partial charge in [-0.15, -0.1) is 0 Å². The first-order valence-corrected chi connectivity index (χ1v) is 16.4. The number of aromatic nitrogens is 2. The highest BCUT2D eigenvalue weighted by Gasteiger charge is 2.33. The minimum absolute atomic E-state index is 0.0465. The Kier molecular flexibility index (Phi) is 9.52. The zero-order valence-electron chi connectivity index (χ0n) is 23.6. The van der Waals surface area contributed by atoms with Crippen molar-refractivity contribution in [2.45, 2.75) is 42.3 Å². The summed E-state index contributed by atoms with van der Waals surface area (Å²) in [5.74, 6) is -0.323. The molecule has 228 valence electrons.